The highest BCUT2D eigenvalue weighted by Crippen LogP contribution is 2.29. The van der Waals surface area contributed by atoms with Gasteiger partial charge in [0.2, 0.25) is 0 Å². The molecule has 17 heavy (non-hydrogen) atoms. The molecule has 3 heteroatoms. The highest BCUT2D eigenvalue weighted by atomic mass is 32.1. The molecular formula is C14H16FNS. The topological polar surface area (TPSA) is 26.0 Å². The average Bonchev–Trinajstić information content (AvgIpc) is 2.82. The van der Waals surface area contributed by atoms with Gasteiger partial charge in [-0.15, -0.1) is 0 Å². The molecule has 1 unspecified atom stereocenters. The van der Waals surface area contributed by atoms with E-state index in [1.807, 2.05) is 24.4 Å². The maximum Gasteiger partial charge on any atom is 0.128 e. The third-order valence-corrected chi connectivity index (χ3v) is 3.87. The van der Waals surface area contributed by atoms with Crippen LogP contribution in [0.2, 0.25) is 0 Å². The van der Waals surface area contributed by atoms with Crippen molar-refractivity contribution in [3.05, 3.63) is 58.0 Å². The Morgan fingerprint density at radius 1 is 1.29 bits per heavy atom. The molecule has 0 spiro atoms. The Balaban J connectivity index is 2.34. The molecule has 0 bridgehead atoms. The minimum atomic E-state index is -0.619. The van der Waals surface area contributed by atoms with Gasteiger partial charge in [0.05, 0.1) is 0 Å². The zero-order valence-corrected chi connectivity index (χ0v) is 10.6. The van der Waals surface area contributed by atoms with Crippen LogP contribution in [-0.2, 0) is 12.0 Å². The zero-order chi connectivity index (χ0) is 12.3. The summed E-state index contributed by atoms with van der Waals surface area (Å²) in [6, 6.07) is 8.83. The van der Waals surface area contributed by atoms with Gasteiger partial charge < -0.3 is 5.73 Å². The third kappa shape index (κ3) is 2.56. The number of benzene rings is 1. The number of thiophene rings is 1. The normalized spacial score (nSPS) is 14.5. The summed E-state index contributed by atoms with van der Waals surface area (Å²) in [6.07, 6.45) is 1.39. The van der Waals surface area contributed by atoms with E-state index in [2.05, 4.69) is 5.38 Å². The Bertz CT molecular complexity index is 481. The van der Waals surface area contributed by atoms with Gasteiger partial charge >= 0.3 is 0 Å². The van der Waals surface area contributed by atoms with Crippen molar-refractivity contribution in [2.45, 2.75) is 25.3 Å². The van der Waals surface area contributed by atoms with Crippen molar-refractivity contribution in [3.63, 3.8) is 0 Å². The predicted molar refractivity (Wildman–Crippen MR) is 70.6 cm³/mol. The number of nitrogens with two attached hydrogens (primary N) is 1. The van der Waals surface area contributed by atoms with E-state index in [0.717, 1.165) is 0 Å². The summed E-state index contributed by atoms with van der Waals surface area (Å²) in [5.74, 6) is -0.216. The Morgan fingerprint density at radius 2 is 2.06 bits per heavy atom. The molecule has 2 aromatic rings. The monoisotopic (exact) mass is 249 g/mol. The van der Waals surface area contributed by atoms with Crippen LogP contribution in [-0.4, -0.2) is 0 Å². The van der Waals surface area contributed by atoms with Crippen molar-refractivity contribution in [1.82, 2.24) is 0 Å². The first-order valence-electron chi connectivity index (χ1n) is 5.70. The van der Waals surface area contributed by atoms with E-state index in [1.54, 1.807) is 23.5 Å². The minimum absolute atomic E-state index is 0.216. The summed E-state index contributed by atoms with van der Waals surface area (Å²) in [5, 5.41) is 4.09. The number of rotatable bonds is 4. The van der Waals surface area contributed by atoms with Crippen LogP contribution in [0.15, 0.2) is 41.1 Å². The molecule has 0 saturated carbocycles. The van der Waals surface area contributed by atoms with Crippen molar-refractivity contribution in [1.29, 1.82) is 0 Å². The molecule has 2 N–H and O–H groups in total. The van der Waals surface area contributed by atoms with Gasteiger partial charge in [-0.1, -0.05) is 25.1 Å². The number of hydrogen-bond donors (Lipinski definition) is 1. The fourth-order valence-electron chi connectivity index (χ4n) is 2.03. The van der Waals surface area contributed by atoms with E-state index in [0.29, 0.717) is 18.4 Å². The summed E-state index contributed by atoms with van der Waals surface area (Å²) in [5.41, 5.74) is 7.53. The second kappa shape index (κ2) is 4.98. The Labute approximate surface area is 105 Å². The Hall–Kier alpha value is -1.19. The molecule has 1 atom stereocenters. The molecule has 1 aromatic heterocycles. The van der Waals surface area contributed by atoms with E-state index in [9.17, 15) is 4.39 Å². The van der Waals surface area contributed by atoms with Gasteiger partial charge in [0.25, 0.3) is 0 Å². The summed E-state index contributed by atoms with van der Waals surface area (Å²) >= 11 is 1.64. The molecule has 1 aromatic carbocycles. The van der Waals surface area contributed by atoms with Crippen molar-refractivity contribution in [3.8, 4) is 0 Å². The lowest BCUT2D eigenvalue weighted by Crippen LogP contribution is -2.39. The molecular weight excluding hydrogens is 233 g/mol. The molecule has 0 saturated heterocycles. The third-order valence-electron chi connectivity index (χ3n) is 3.14. The van der Waals surface area contributed by atoms with Crippen molar-refractivity contribution in [2.24, 2.45) is 5.73 Å². The summed E-state index contributed by atoms with van der Waals surface area (Å²) in [6.45, 7) is 2.00. The van der Waals surface area contributed by atoms with Gasteiger partial charge in [-0.3, -0.25) is 0 Å². The summed E-state index contributed by atoms with van der Waals surface area (Å²) in [4.78, 5) is 0. The smallest absolute Gasteiger partial charge is 0.128 e. The van der Waals surface area contributed by atoms with Crippen molar-refractivity contribution >= 4 is 11.3 Å². The average molecular weight is 249 g/mol. The molecule has 0 aliphatic rings. The second-order valence-corrected chi connectivity index (χ2v) is 5.08. The number of halogens is 1. The number of hydrogen-bond acceptors (Lipinski definition) is 2. The van der Waals surface area contributed by atoms with Gasteiger partial charge in [0.1, 0.15) is 5.82 Å². The van der Waals surface area contributed by atoms with E-state index in [4.69, 9.17) is 5.73 Å². The van der Waals surface area contributed by atoms with Crippen LogP contribution in [0.1, 0.15) is 24.5 Å². The summed E-state index contributed by atoms with van der Waals surface area (Å²) in [7, 11) is 0. The van der Waals surface area contributed by atoms with Crippen molar-refractivity contribution in [2.75, 3.05) is 0 Å². The lowest BCUT2D eigenvalue weighted by Gasteiger charge is -2.29. The highest BCUT2D eigenvalue weighted by Gasteiger charge is 2.28. The van der Waals surface area contributed by atoms with E-state index in [1.165, 1.54) is 11.6 Å². The van der Waals surface area contributed by atoms with E-state index in [-0.39, 0.29) is 5.82 Å². The lowest BCUT2D eigenvalue weighted by molar-refractivity contribution is 0.403. The maximum atomic E-state index is 13.8. The first-order valence-corrected chi connectivity index (χ1v) is 6.65. The van der Waals surface area contributed by atoms with Crippen LogP contribution in [0.4, 0.5) is 4.39 Å². The van der Waals surface area contributed by atoms with Crippen LogP contribution in [0.3, 0.4) is 0 Å². The predicted octanol–water partition coefficient (Wildman–Crippen LogP) is 3.69. The molecule has 90 valence electrons. The van der Waals surface area contributed by atoms with Crippen LogP contribution < -0.4 is 5.73 Å². The standard InChI is InChI=1S/C14H16FNS/c1-2-14(16,9-11-7-8-17-10-11)12-5-3-4-6-13(12)15/h3-8,10H,2,9,16H2,1H3. The van der Waals surface area contributed by atoms with Crippen LogP contribution in [0, 0.1) is 5.82 Å². The fraction of sp³-hybridized carbons (Fsp3) is 0.286. The van der Waals surface area contributed by atoms with Gasteiger partial charge in [-0.05, 0) is 41.3 Å². The van der Waals surface area contributed by atoms with Gasteiger partial charge in [0.15, 0.2) is 0 Å². The van der Waals surface area contributed by atoms with Crippen LogP contribution in [0.25, 0.3) is 0 Å². The van der Waals surface area contributed by atoms with Crippen LogP contribution in [0.5, 0.6) is 0 Å². The molecule has 1 heterocycles. The first-order chi connectivity index (χ1) is 8.15. The quantitative estimate of drug-likeness (QED) is 0.878. The lowest BCUT2D eigenvalue weighted by atomic mass is 9.83. The second-order valence-electron chi connectivity index (χ2n) is 4.30. The molecule has 0 fully saturated rings. The van der Waals surface area contributed by atoms with E-state index < -0.39 is 5.54 Å². The van der Waals surface area contributed by atoms with E-state index >= 15 is 0 Å². The van der Waals surface area contributed by atoms with Gasteiger partial charge in [-0.2, -0.15) is 11.3 Å². The molecule has 0 amide bonds. The van der Waals surface area contributed by atoms with Crippen LogP contribution >= 0.6 is 11.3 Å². The highest BCUT2D eigenvalue weighted by molar-refractivity contribution is 7.07. The zero-order valence-electron chi connectivity index (χ0n) is 9.82. The van der Waals surface area contributed by atoms with Gasteiger partial charge in [-0.25, -0.2) is 4.39 Å². The molecule has 0 aliphatic heterocycles. The SMILES string of the molecule is CCC(N)(Cc1ccsc1)c1ccccc1F. The maximum absolute atomic E-state index is 13.8. The fourth-order valence-corrected chi connectivity index (χ4v) is 2.70. The first kappa shape index (κ1) is 12.3. The largest absolute Gasteiger partial charge is 0.321 e. The molecule has 0 aliphatic carbocycles. The van der Waals surface area contributed by atoms with Gasteiger partial charge in [0, 0.05) is 11.1 Å². The molecule has 0 radical (unpaired) electrons. The Morgan fingerprint density at radius 3 is 2.65 bits per heavy atom. The minimum Gasteiger partial charge on any atom is -0.321 e. The van der Waals surface area contributed by atoms with Crippen molar-refractivity contribution < 1.29 is 4.39 Å². The Kier molecular flexibility index (Phi) is 3.60. The summed E-state index contributed by atoms with van der Waals surface area (Å²) < 4.78 is 13.8. The molecule has 1 nitrogen and oxygen atoms in total. The molecule has 2 rings (SSSR count).